The SMILES string of the molecule is O=c1c2ccccc2nc(-c2cccc(C(F)(F)F)c2)n1N=Cc1ccc(OCc2cccc(F)c2)cc1. The fraction of sp³-hybridized carbons (Fsp3) is 0.0690. The normalized spacial score (nSPS) is 11.8. The van der Waals surface area contributed by atoms with E-state index < -0.39 is 17.3 Å². The van der Waals surface area contributed by atoms with Crippen LogP contribution in [-0.2, 0) is 12.8 Å². The highest BCUT2D eigenvalue weighted by Gasteiger charge is 2.31. The second kappa shape index (κ2) is 10.3. The molecule has 0 saturated carbocycles. The van der Waals surface area contributed by atoms with Crippen LogP contribution in [0, 0.1) is 5.82 Å². The van der Waals surface area contributed by atoms with Gasteiger partial charge in [-0.15, -0.1) is 0 Å². The van der Waals surface area contributed by atoms with Gasteiger partial charge in [0.05, 0.1) is 22.7 Å². The van der Waals surface area contributed by atoms with E-state index in [1.165, 1.54) is 30.5 Å². The largest absolute Gasteiger partial charge is 0.489 e. The van der Waals surface area contributed by atoms with Gasteiger partial charge >= 0.3 is 6.18 Å². The Labute approximate surface area is 214 Å². The van der Waals surface area contributed by atoms with Gasteiger partial charge in [-0.3, -0.25) is 4.79 Å². The van der Waals surface area contributed by atoms with E-state index in [2.05, 4.69) is 10.1 Å². The number of para-hydroxylation sites is 1. The second-order valence-corrected chi connectivity index (χ2v) is 8.38. The molecular weight excluding hydrogens is 498 g/mol. The summed E-state index contributed by atoms with van der Waals surface area (Å²) in [5.41, 5.74) is 0.354. The molecule has 0 saturated heterocycles. The molecule has 190 valence electrons. The summed E-state index contributed by atoms with van der Waals surface area (Å²) in [5.74, 6) is 0.173. The van der Waals surface area contributed by atoms with E-state index in [9.17, 15) is 22.4 Å². The number of aromatic nitrogens is 2. The van der Waals surface area contributed by atoms with Crippen LogP contribution in [0.5, 0.6) is 5.75 Å². The molecule has 5 rings (SSSR count). The predicted octanol–water partition coefficient (Wildman–Crippen LogP) is 6.68. The maximum Gasteiger partial charge on any atom is 0.416 e. The van der Waals surface area contributed by atoms with Gasteiger partial charge in [-0.2, -0.15) is 22.9 Å². The lowest BCUT2D eigenvalue weighted by atomic mass is 10.1. The lowest BCUT2D eigenvalue weighted by Crippen LogP contribution is -2.20. The Morgan fingerprint density at radius 1 is 0.895 bits per heavy atom. The van der Waals surface area contributed by atoms with Crippen molar-refractivity contribution in [3.63, 3.8) is 0 Å². The van der Waals surface area contributed by atoms with E-state index in [0.29, 0.717) is 22.4 Å². The molecular formula is C29H19F4N3O2. The molecule has 0 bridgehead atoms. The standard InChI is InChI=1S/C29H19F4N3O2/c30-23-8-3-5-20(15-23)18-38-24-13-11-19(12-14-24)17-34-36-27(21-6-4-7-22(16-21)29(31,32)33)35-26-10-2-1-9-25(26)28(36)37/h1-17H,18H2. The van der Waals surface area contributed by atoms with Crippen LogP contribution < -0.4 is 10.3 Å². The van der Waals surface area contributed by atoms with E-state index in [1.807, 2.05) is 0 Å². The van der Waals surface area contributed by atoms with Crippen LogP contribution in [0.25, 0.3) is 22.3 Å². The maximum atomic E-state index is 13.3. The van der Waals surface area contributed by atoms with Crippen LogP contribution in [-0.4, -0.2) is 15.9 Å². The Morgan fingerprint density at radius 2 is 1.66 bits per heavy atom. The number of hydrogen-bond donors (Lipinski definition) is 0. The Morgan fingerprint density at radius 3 is 2.42 bits per heavy atom. The number of rotatable bonds is 6. The first kappa shape index (κ1) is 24.9. The summed E-state index contributed by atoms with van der Waals surface area (Å²) < 4.78 is 60.0. The Kier molecular flexibility index (Phi) is 6.74. The van der Waals surface area contributed by atoms with Gasteiger partial charge in [0.2, 0.25) is 0 Å². The molecule has 0 unspecified atom stereocenters. The average molecular weight is 517 g/mol. The fourth-order valence-electron chi connectivity index (χ4n) is 3.82. The van der Waals surface area contributed by atoms with Gasteiger partial charge < -0.3 is 4.74 Å². The number of hydrogen-bond acceptors (Lipinski definition) is 4. The van der Waals surface area contributed by atoms with Crippen LogP contribution in [0.1, 0.15) is 16.7 Å². The third-order valence-corrected chi connectivity index (χ3v) is 5.70. The quantitative estimate of drug-likeness (QED) is 0.186. The second-order valence-electron chi connectivity index (χ2n) is 8.38. The Hall–Kier alpha value is -4.79. The van der Waals surface area contributed by atoms with Gasteiger partial charge in [-0.05, 0) is 71.8 Å². The number of benzene rings is 4. The molecule has 5 nitrogen and oxygen atoms in total. The van der Waals surface area contributed by atoms with Crippen molar-refractivity contribution in [1.82, 2.24) is 9.66 Å². The van der Waals surface area contributed by atoms with Crippen molar-refractivity contribution in [2.45, 2.75) is 12.8 Å². The fourth-order valence-corrected chi connectivity index (χ4v) is 3.82. The molecule has 5 aromatic rings. The summed E-state index contributed by atoms with van der Waals surface area (Å²) in [4.78, 5) is 17.7. The molecule has 0 fully saturated rings. The third kappa shape index (κ3) is 5.46. The maximum absolute atomic E-state index is 13.3. The highest BCUT2D eigenvalue weighted by atomic mass is 19.4. The summed E-state index contributed by atoms with van der Waals surface area (Å²) in [6, 6.07) is 24.0. The van der Waals surface area contributed by atoms with Crippen LogP contribution in [0.15, 0.2) is 107 Å². The summed E-state index contributed by atoms with van der Waals surface area (Å²) in [6.07, 6.45) is -3.15. The lowest BCUT2D eigenvalue weighted by Gasteiger charge is -2.12. The predicted molar refractivity (Wildman–Crippen MR) is 137 cm³/mol. The molecule has 0 radical (unpaired) electrons. The minimum absolute atomic E-state index is 0.0221. The monoisotopic (exact) mass is 517 g/mol. The molecule has 0 spiro atoms. The topological polar surface area (TPSA) is 56.5 Å². The van der Waals surface area contributed by atoms with Crippen molar-refractivity contribution >= 4 is 17.1 Å². The van der Waals surface area contributed by atoms with E-state index in [0.717, 1.165) is 16.8 Å². The number of nitrogens with zero attached hydrogens (tertiary/aromatic N) is 3. The molecule has 0 atom stereocenters. The molecule has 0 aliphatic rings. The van der Waals surface area contributed by atoms with Gasteiger partial charge in [0, 0.05) is 5.56 Å². The van der Waals surface area contributed by atoms with Gasteiger partial charge in [-0.1, -0.05) is 36.4 Å². The van der Waals surface area contributed by atoms with Crippen molar-refractivity contribution < 1.29 is 22.3 Å². The van der Waals surface area contributed by atoms with E-state index in [1.54, 1.807) is 60.7 Å². The zero-order valence-electron chi connectivity index (χ0n) is 19.7. The zero-order chi connectivity index (χ0) is 26.7. The highest BCUT2D eigenvalue weighted by molar-refractivity contribution is 5.82. The van der Waals surface area contributed by atoms with Gasteiger partial charge in [0.15, 0.2) is 5.82 Å². The molecule has 9 heteroatoms. The van der Waals surface area contributed by atoms with E-state index in [4.69, 9.17) is 4.74 Å². The van der Waals surface area contributed by atoms with Crippen LogP contribution in [0.3, 0.4) is 0 Å². The average Bonchev–Trinajstić information content (AvgIpc) is 2.91. The van der Waals surface area contributed by atoms with Crippen LogP contribution >= 0.6 is 0 Å². The van der Waals surface area contributed by atoms with Crippen molar-refractivity contribution in [3.05, 3.63) is 130 Å². The number of ether oxygens (including phenoxy) is 1. The van der Waals surface area contributed by atoms with E-state index >= 15 is 0 Å². The molecule has 0 aliphatic carbocycles. The highest BCUT2D eigenvalue weighted by Crippen LogP contribution is 2.32. The first-order valence-electron chi connectivity index (χ1n) is 11.5. The first-order chi connectivity index (χ1) is 18.3. The van der Waals surface area contributed by atoms with Gasteiger partial charge in [-0.25, -0.2) is 9.37 Å². The summed E-state index contributed by atoms with van der Waals surface area (Å²) in [7, 11) is 0. The van der Waals surface area contributed by atoms with Crippen LogP contribution in [0.2, 0.25) is 0 Å². The number of alkyl halides is 3. The van der Waals surface area contributed by atoms with Crippen LogP contribution in [0.4, 0.5) is 17.6 Å². The zero-order valence-corrected chi connectivity index (χ0v) is 19.7. The lowest BCUT2D eigenvalue weighted by molar-refractivity contribution is -0.137. The van der Waals surface area contributed by atoms with Crippen molar-refractivity contribution in [3.8, 4) is 17.1 Å². The smallest absolute Gasteiger partial charge is 0.416 e. The summed E-state index contributed by atoms with van der Waals surface area (Å²) in [6.45, 7) is 0.184. The molecule has 38 heavy (non-hydrogen) atoms. The van der Waals surface area contributed by atoms with Crippen molar-refractivity contribution in [2.24, 2.45) is 5.10 Å². The number of fused-ring (bicyclic) bond motifs is 1. The minimum atomic E-state index is -4.56. The van der Waals surface area contributed by atoms with E-state index in [-0.39, 0.29) is 29.2 Å². The first-order valence-corrected chi connectivity index (χ1v) is 11.5. The molecule has 1 heterocycles. The number of halogens is 4. The summed E-state index contributed by atoms with van der Waals surface area (Å²) >= 11 is 0. The Bertz CT molecular complexity index is 1690. The van der Waals surface area contributed by atoms with Gasteiger partial charge in [0.1, 0.15) is 18.2 Å². The molecule has 0 N–H and O–H groups in total. The van der Waals surface area contributed by atoms with Crippen molar-refractivity contribution in [2.75, 3.05) is 0 Å². The molecule has 1 aromatic heterocycles. The Balaban J connectivity index is 1.47. The molecule has 4 aromatic carbocycles. The third-order valence-electron chi connectivity index (χ3n) is 5.70. The van der Waals surface area contributed by atoms with Gasteiger partial charge in [0.25, 0.3) is 5.56 Å². The molecule has 0 amide bonds. The minimum Gasteiger partial charge on any atom is -0.489 e. The van der Waals surface area contributed by atoms with Crippen molar-refractivity contribution in [1.29, 1.82) is 0 Å². The summed E-state index contributed by atoms with van der Waals surface area (Å²) in [5, 5.41) is 4.56. The molecule has 0 aliphatic heterocycles.